The summed E-state index contributed by atoms with van der Waals surface area (Å²) in [6.45, 7) is 5.25. The summed E-state index contributed by atoms with van der Waals surface area (Å²) in [4.78, 5) is 28.1. The van der Waals surface area contributed by atoms with Gasteiger partial charge >= 0.3 is 0 Å². The number of carbonyl (C=O) groups is 2. The molecule has 166 valence electrons. The van der Waals surface area contributed by atoms with E-state index in [1.807, 2.05) is 24.3 Å². The normalized spacial score (nSPS) is 12.3. The number of nitrogens with zero attached hydrogens (tertiary/aromatic N) is 4. The number of aromatic nitrogens is 3. The first kappa shape index (κ1) is 22.5. The molecule has 0 aliphatic rings. The number of methoxy groups -OCH3 is 1. The van der Waals surface area contributed by atoms with Gasteiger partial charge in [-0.3, -0.25) is 9.59 Å². The number of para-hydroxylation sites is 1. The van der Waals surface area contributed by atoms with E-state index in [4.69, 9.17) is 9.15 Å². The quantitative estimate of drug-likeness (QED) is 0.472. The van der Waals surface area contributed by atoms with E-state index in [9.17, 15) is 9.59 Å². The van der Waals surface area contributed by atoms with Gasteiger partial charge in [-0.25, -0.2) is 4.68 Å². The molecule has 0 fully saturated rings. The maximum Gasteiger partial charge on any atom is 0.250 e. The molecule has 9 heteroatoms. The Labute approximate surface area is 181 Å². The molecule has 9 nitrogen and oxygen atoms in total. The zero-order valence-electron chi connectivity index (χ0n) is 18.2. The van der Waals surface area contributed by atoms with Gasteiger partial charge in [-0.1, -0.05) is 31.2 Å². The van der Waals surface area contributed by atoms with Gasteiger partial charge in [0.2, 0.25) is 5.91 Å². The van der Waals surface area contributed by atoms with Crippen molar-refractivity contribution in [2.75, 3.05) is 26.8 Å². The molecule has 1 unspecified atom stereocenters. The van der Waals surface area contributed by atoms with Crippen LogP contribution in [0.1, 0.15) is 32.1 Å². The molecule has 0 bridgehead atoms. The maximum absolute atomic E-state index is 13.4. The molecule has 0 aliphatic heterocycles. The van der Waals surface area contributed by atoms with Crippen LogP contribution in [0.25, 0.3) is 11.0 Å². The predicted octanol–water partition coefficient (Wildman–Crippen LogP) is 2.40. The molecule has 0 radical (unpaired) electrons. The summed E-state index contributed by atoms with van der Waals surface area (Å²) in [5, 5.41) is 11.1. The molecule has 1 atom stereocenters. The number of ether oxygens (including phenoxy) is 1. The Morgan fingerprint density at radius 2 is 2.03 bits per heavy atom. The lowest BCUT2D eigenvalue weighted by Gasteiger charge is -2.30. The Kier molecular flexibility index (Phi) is 7.77. The smallest absolute Gasteiger partial charge is 0.250 e. The van der Waals surface area contributed by atoms with Crippen LogP contribution in [0.3, 0.4) is 0 Å². The molecule has 1 N–H and O–H groups in total. The van der Waals surface area contributed by atoms with Gasteiger partial charge in [-0.2, -0.15) is 0 Å². The second-order valence-corrected chi connectivity index (χ2v) is 7.71. The first-order chi connectivity index (χ1) is 15.0. The molecular weight excluding hydrogens is 398 g/mol. The summed E-state index contributed by atoms with van der Waals surface area (Å²) in [6, 6.07) is 9.99. The summed E-state index contributed by atoms with van der Waals surface area (Å²) in [7, 11) is 1.57. The van der Waals surface area contributed by atoms with Crippen molar-refractivity contribution < 1.29 is 18.7 Å². The lowest BCUT2D eigenvalue weighted by Crippen LogP contribution is -2.46. The fraction of sp³-hybridized carbons (Fsp3) is 0.455. The molecule has 1 aromatic carbocycles. The molecule has 0 aliphatic carbocycles. The van der Waals surface area contributed by atoms with Crippen molar-refractivity contribution in [3.8, 4) is 0 Å². The zero-order valence-corrected chi connectivity index (χ0v) is 18.2. The van der Waals surface area contributed by atoms with E-state index in [-0.39, 0.29) is 18.4 Å². The average molecular weight is 428 g/mol. The molecule has 2 amide bonds. The van der Waals surface area contributed by atoms with Crippen molar-refractivity contribution in [2.45, 2.75) is 32.9 Å². The topological polar surface area (TPSA) is 102 Å². The van der Waals surface area contributed by atoms with Crippen LogP contribution in [0, 0.1) is 5.92 Å². The lowest BCUT2D eigenvalue weighted by atomic mass is 10.1. The number of hydrogen-bond donors (Lipinski definition) is 1. The van der Waals surface area contributed by atoms with Crippen LogP contribution >= 0.6 is 0 Å². The first-order valence-electron chi connectivity index (χ1n) is 10.4. The number of hydrogen-bond acceptors (Lipinski definition) is 6. The molecule has 2 heterocycles. The molecule has 0 saturated carbocycles. The van der Waals surface area contributed by atoms with Crippen LogP contribution in [0.5, 0.6) is 0 Å². The third-order valence-corrected chi connectivity index (χ3v) is 4.95. The van der Waals surface area contributed by atoms with Crippen molar-refractivity contribution in [3.05, 3.63) is 48.4 Å². The molecule has 3 rings (SSSR count). The highest BCUT2D eigenvalue weighted by Crippen LogP contribution is 2.24. The fourth-order valence-corrected chi connectivity index (χ4v) is 3.29. The van der Waals surface area contributed by atoms with Gasteiger partial charge in [0.15, 0.2) is 6.04 Å². The minimum Gasteiger partial charge on any atom is -0.467 e. The van der Waals surface area contributed by atoms with Gasteiger partial charge < -0.3 is 19.4 Å². The number of fused-ring (bicyclic) bond motifs is 1. The Balaban J connectivity index is 1.88. The van der Waals surface area contributed by atoms with Gasteiger partial charge in [0.25, 0.3) is 5.91 Å². The minimum atomic E-state index is -0.882. The third-order valence-electron chi connectivity index (χ3n) is 4.95. The van der Waals surface area contributed by atoms with E-state index in [1.54, 1.807) is 28.8 Å². The summed E-state index contributed by atoms with van der Waals surface area (Å²) in [6.07, 6.45) is 2.24. The van der Waals surface area contributed by atoms with Crippen molar-refractivity contribution in [3.63, 3.8) is 0 Å². The summed E-state index contributed by atoms with van der Waals surface area (Å²) < 4.78 is 12.1. The van der Waals surface area contributed by atoms with E-state index in [0.29, 0.717) is 36.9 Å². The van der Waals surface area contributed by atoms with Gasteiger partial charge in [0.05, 0.1) is 18.4 Å². The third kappa shape index (κ3) is 5.69. The maximum atomic E-state index is 13.4. The van der Waals surface area contributed by atoms with E-state index in [0.717, 1.165) is 11.9 Å². The van der Waals surface area contributed by atoms with Crippen molar-refractivity contribution in [2.24, 2.45) is 5.92 Å². The summed E-state index contributed by atoms with van der Waals surface area (Å²) >= 11 is 0. The lowest BCUT2D eigenvalue weighted by molar-refractivity contribution is -0.142. The molecular formula is C22H29N5O4. The number of amides is 2. The number of benzene rings is 1. The zero-order chi connectivity index (χ0) is 22.2. The van der Waals surface area contributed by atoms with Crippen molar-refractivity contribution in [1.29, 1.82) is 0 Å². The standard InChI is InChI=1S/C22H29N5O4/c1-16(2)10-12-26(20(28)15-27-18-8-5-4-7-17(18)24-25-27)21(19-9-6-13-31-19)22(29)23-11-14-30-3/h4-9,13,16,21H,10-12,14-15H2,1-3H3,(H,23,29). The number of nitrogens with one attached hydrogen (secondary N) is 1. The molecule has 0 saturated heterocycles. The monoisotopic (exact) mass is 427 g/mol. The first-order valence-corrected chi connectivity index (χ1v) is 10.4. The molecule has 31 heavy (non-hydrogen) atoms. The second-order valence-electron chi connectivity index (χ2n) is 7.71. The van der Waals surface area contributed by atoms with Crippen LogP contribution in [0.4, 0.5) is 0 Å². The van der Waals surface area contributed by atoms with Crippen LogP contribution in [-0.4, -0.2) is 58.5 Å². The highest BCUT2D eigenvalue weighted by Gasteiger charge is 2.33. The SMILES string of the molecule is COCCNC(=O)C(c1ccco1)N(CCC(C)C)C(=O)Cn1nnc2ccccc21. The number of carbonyl (C=O) groups excluding carboxylic acids is 2. The summed E-state index contributed by atoms with van der Waals surface area (Å²) in [5.41, 5.74) is 1.47. The Hall–Kier alpha value is -3.20. The van der Waals surface area contributed by atoms with Crippen LogP contribution < -0.4 is 5.32 Å². The van der Waals surface area contributed by atoms with E-state index in [2.05, 4.69) is 29.5 Å². The van der Waals surface area contributed by atoms with Gasteiger partial charge in [-0.15, -0.1) is 5.10 Å². The average Bonchev–Trinajstić information content (AvgIpc) is 3.41. The molecule has 0 spiro atoms. The van der Waals surface area contributed by atoms with E-state index >= 15 is 0 Å². The molecule has 3 aromatic rings. The number of rotatable bonds is 11. The number of furan rings is 1. The van der Waals surface area contributed by atoms with Gasteiger partial charge in [0, 0.05) is 20.2 Å². The van der Waals surface area contributed by atoms with E-state index in [1.165, 1.54) is 6.26 Å². The fourth-order valence-electron chi connectivity index (χ4n) is 3.29. The highest BCUT2D eigenvalue weighted by atomic mass is 16.5. The summed E-state index contributed by atoms with van der Waals surface area (Å²) in [5.74, 6) is 0.221. The Morgan fingerprint density at radius 3 is 2.74 bits per heavy atom. The van der Waals surface area contributed by atoms with Gasteiger partial charge in [-0.05, 0) is 36.6 Å². The van der Waals surface area contributed by atoms with Crippen molar-refractivity contribution in [1.82, 2.24) is 25.2 Å². The highest BCUT2D eigenvalue weighted by molar-refractivity contribution is 5.88. The van der Waals surface area contributed by atoms with Crippen molar-refractivity contribution >= 4 is 22.8 Å². The predicted molar refractivity (Wildman–Crippen MR) is 115 cm³/mol. The van der Waals surface area contributed by atoms with Crippen LogP contribution in [-0.2, 0) is 20.9 Å². The van der Waals surface area contributed by atoms with E-state index < -0.39 is 6.04 Å². The Morgan fingerprint density at radius 1 is 1.23 bits per heavy atom. The largest absolute Gasteiger partial charge is 0.467 e. The van der Waals surface area contributed by atoms with Gasteiger partial charge in [0.1, 0.15) is 17.8 Å². The Bertz CT molecular complexity index is 983. The van der Waals surface area contributed by atoms with Crippen LogP contribution in [0.15, 0.2) is 47.1 Å². The minimum absolute atomic E-state index is 0.0266. The molecule has 2 aromatic heterocycles. The van der Waals surface area contributed by atoms with Crippen LogP contribution in [0.2, 0.25) is 0 Å². The second kappa shape index (κ2) is 10.7.